The van der Waals surface area contributed by atoms with Crippen molar-refractivity contribution in [2.75, 3.05) is 13.2 Å². The first kappa shape index (κ1) is 13.0. The zero-order chi connectivity index (χ0) is 12.0. The van der Waals surface area contributed by atoms with Crippen molar-refractivity contribution in [3.05, 3.63) is 29.8 Å². The van der Waals surface area contributed by atoms with Gasteiger partial charge in [0, 0.05) is 5.92 Å². The molecule has 0 aliphatic rings. The van der Waals surface area contributed by atoms with E-state index in [1.165, 1.54) is 5.56 Å². The number of ether oxygens (including phenoxy) is 1. The minimum absolute atomic E-state index is 0.459. The standard InChI is InChI=1S/C14H23NO/c1-11(2)7-13(9-15)10-16-14-6-4-5-12(3)8-14/h4-6,8,11,13H,7,9-10,15H2,1-3H3. The normalized spacial score (nSPS) is 12.8. The van der Waals surface area contributed by atoms with Crippen LogP contribution in [-0.4, -0.2) is 13.2 Å². The Kier molecular flexibility index (Phi) is 5.33. The van der Waals surface area contributed by atoms with E-state index in [9.17, 15) is 0 Å². The molecule has 0 bridgehead atoms. The van der Waals surface area contributed by atoms with Gasteiger partial charge in [-0.25, -0.2) is 0 Å². The highest BCUT2D eigenvalue weighted by Gasteiger charge is 2.09. The second-order valence-corrected chi connectivity index (χ2v) is 4.86. The zero-order valence-corrected chi connectivity index (χ0v) is 10.6. The fourth-order valence-corrected chi connectivity index (χ4v) is 1.82. The van der Waals surface area contributed by atoms with Gasteiger partial charge in [-0.15, -0.1) is 0 Å². The van der Waals surface area contributed by atoms with Gasteiger partial charge in [-0.05, 0) is 43.5 Å². The lowest BCUT2D eigenvalue weighted by atomic mass is 9.98. The van der Waals surface area contributed by atoms with Crippen LogP contribution < -0.4 is 10.5 Å². The third-order valence-corrected chi connectivity index (χ3v) is 2.61. The van der Waals surface area contributed by atoms with Crippen molar-refractivity contribution < 1.29 is 4.74 Å². The van der Waals surface area contributed by atoms with Crippen LogP contribution in [0.2, 0.25) is 0 Å². The fraction of sp³-hybridized carbons (Fsp3) is 0.571. The van der Waals surface area contributed by atoms with Crippen molar-refractivity contribution in [3.63, 3.8) is 0 Å². The predicted molar refractivity (Wildman–Crippen MR) is 68.7 cm³/mol. The van der Waals surface area contributed by atoms with E-state index in [0.717, 1.165) is 18.8 Å². The molecule has 1 rings (SSSR count). The second kappa shape index (κ2) is 6.54. The van der Waals surface area contributed by atoms with Gasteiger partial charge in [-0.1, -0.05) is 26.0 Å². The fourth-order valence-electron chi connectivity index (χ4n) is 1.82. The van der Waals surface area contributed by atoms with Crippen LogP contribution in [0.25, 0.3) is 0 Å². The number of aryl methyl sites for hydroxylation is 1. The average Bonchev–Trinajstić information content (AvgIpc) is 2.24. The number of hydrogen-bond acceptors (Lipinski definition) is 2. The first-order valence-electron chi connectivity index (χ1n) is 6.01. The van der Waals surface area contributed by atoms with Crippen LogP contribution in [0.1, 0.15) is 25.8 Å². The molecule has 0 aliphatic carbocycles. The van der Waals surface area contributed by atoms with Crippen LogP contribution in [0, 0.1) is 18.8 Å². The summed E-state index contributed by atoms with van der Waals surface area (Å²) in [7, 11) is 0. The van der Waals surface area contributed by atoms with E-state index < -0.39 is 0 Å². The molecule has 16 heavy (non-hydrogen) atoms. The van der Waals surface area contributed by atoms with Crippen molar-refractivity contribution in [2.45, 2.75) is 27.2 Å². The third-order valence-electron chi connectivity index (χ3n) is 2.61. The molecule has 0 saturated carbocycles. The molecule has 2 N–H and O–H groups in total. The molecule has 1 atom stereocenters. The van der Waals surface area contributed by atoms with Gasteiger partial charge in [-0.2, -0.15) is 0 Å². The topological polar surface area (TPSA) is 35.2 Å². The molecule has 0 fully saturated rings. The smallest absolute Gasteiger partial charge is 0.119 e. The van der Waals surface area contributed by atoms with Crippen LogP contribution in [0.3, 0.4) is 0 Å². The molecule has 1 aromatic rings. The molecule has 90 valence electrons. The molecule has 0 radical (unpaired) electrons. The Bertz CT molecular complexity index is 309. The summed E-state index contributed by atoms with van der Waals surface area (Å²) in [5.74, 6) is 2.08. The summed E-state index contributed by atoms with van der Waals surface area (Å²) in [5.41, 5.74) is 6.96. The van der Waals surface area contributed by atoms with Gasteiger partial charge in [0.05, 0.1) is 6.61 Å². The highest BCUT2D eigenvalue weighted by molar-refractivity contribution is 5.27. The van der Waals surface area contributed by atoms with Gasteiger partial charge in [0.25, 0.3) is 0 Å². The van der Waals surface area contributed by atoms with Crippen molar-refractivity contribution in [3.8, 4) is 5.75 Å². The quantitative estimate of drug-likeness (QED) is 0.801. The molecule has 1 unspecified atom stereocenters. The Labute approximate surface area is 98.8 Å². The highest BCUT2D eigenvalue weighted by atomic mass is 16.5. The van der Waals surface area contributed by atoms with Crippen LogP contribution in [-0.2, 0) is 0 Å². The van der Waals surface area contributed by atoms with Gasteiger partial charge in [0.2, 0.25) is 0 Å². The van der Waals surface area contributed by atoms with E-state index in [1.807, 2.05) is 12.1 Å². The van der Waals surface area contributed by atoms with Crippen molar-refractivity contribution >= 4 is 0 Å². The Hall–Kier alpha value is -1.02. The maximum Gasteiger partial charge on any atom is 0.119 e. The molecule has 0 aromatic heterocycles. The van der Waals surface area contributed by atoms with Crippen LogP contribution >= 0.6 is 0 Å². The molecule has 0 saturated heterocycles. The first-order chi connectivity index (χ1) is 7.61. The Morgan fingerprint density at radius 2 is 2.06 bits per heavy atom. The van der Waals surface area contributed by atoms with Crippen molar-refractivity contribution in [2.24, 2.45) is 17.6 Å². The predicted octanol–water partition coefficient (Wildman–Crippen LogP) is 2.99. The van der Waals surface area contributed by atoms with Gasteiger partial charge in [0.1, 0.15) is 5.75 Å². The van der Waals surface area contributed by atoms with Gasteiger partial charge < -0.3 is 10.5 Å². The van der Waals surface area contributed by atoms with E-state index in [2.05, 4.69) is 32.9 Å². The Balaban J connectivity index is 2.43. The van der Waals surface area contributed by atoms with E-state index in [4.69, 9.17) is 10.5 Å². The van der Waals surface area contributed by atoms with Gasteiger partial charge in [0.15, 0.2) is 0 Å². The molecule has 0 spiro atoms. The molecule has 1 aromatic carbocycles. The molecule has 2 nitrogen and oxygen atoms in total. The minimum atomic E-state index is 0.459. The van der Waals surface area contributed by atoms with E-state index in [1.54, 1.807) is 0 Å². The summed E-state index contributed by atoms with van der Waals surface area (Å²) in [6.45, 7) is 7.92. The monoisotopic (exact) mass is 221 g/mol. The van der Waals surface area contributed by atoms with Crippen LogP contribution in [0.15, 0.2) is 24.3 Å². The summed E-state index contributed by atoms with van der Waals surface area (Å²) in [6.07, 6.45) is 1.13. The lowest BCUT2D eigenvalue weighted by Gasteiger charge is -2.17. The Morgan fingerprint density at radius 3 is 2.62 bits per heavy atom. The van der Waals surface area contributed by atoms with Crippen LogP contribution in [0.4, 0.5) is 0 Å². The average molecular weight is 221 g/mol. The summed E-state index contributed by atoms with van der Waals surface area (Å²) in [4.78, 5) is 0. The Morgan fingerprint density at radius 1 is 1.31 bits per heavy atom. The lowest BCUT2D eigenvalue weighted by molar-refractivity contribution is 0.230. The van der Waals surface area contributed by atoms with Crippen molar-refractivity contribution in [1.29, 1.82) is 0 Å². The summed E-state index contributed by atoms with van der Waals surface area (Å²) in [5, 5.41) is 0. The van der Waals surface area contributed by atoms with Crippen molar-refractivity contribution in [1.82, 2.24) is 0 Å². The molecular weight excluding hydrogens is 198 g/mol. The number of benzene rings is 1. The highest BCUT2D eigenvalue weighted by Crippen LogP contribution is 2.16. The number of nitrogens with two attached hydrogens (primary N) is 1. The largest absolute Gasteiger partial charge is 0.493 e. The zero-order valence-electron chi connectivity index (χ0n) is 10.6. The van der Waals surface area contributed by atoms with Gasteiger partial charge in [-0.3, -0.25) is 0 Å². The van der Waals surface area contributed by atoms with E-state index >= 15 is 0 Å². The van der Waals surface area contributed by atoms with Crippen LogP contribution in [0.5, 0.6) is 5.75 Å². The molecule has 0 heterocycles. The summed E-state index contributed by atoms with van der Waals surface area (Å²) >= 11 is 0. The number of hydrogen-bond donors (Lipinski definition) is 1. The van der Waals surface area contributed by atoms with E-state index in [-0.39, 0.29) is 0 Å². The maximum absolute atomic E-state index is 5.76. The van der Waals surface area contributed by atoms with Gasteiger partial charge >= 0.3 is 0 Å². The molecule has 0 aliphatic heterocycles. The third kappa shape index (κ3) is 4.67. The lowest BCUT2D eigenvalue weighted by Crippen LogP contribution is -2.23. The molecule has 0 amide bonds. The molecule has 2 heteroatoms. The second-order valence-electron chi connectivity index (χ2n) is 4.86. The number of rotatable bonds is 6. The first-order valence-corrected chi connectivity index (χ1v) is 6.01. The maximum atomic E-state index is 5.76. The molecular formula is C14H23NO. The summed E-state index contributed by atoms with van der Waals surface area (Å²) < 4.78 is 5.76. The summed E-state index contributed by atoms with van der Waals surface area (Å²) in [6, 6.07) is 8.14. The SMILES string of the molecule is Cc1cccc(OCC(CN)CC(C)C)c1. The minimum Gasteiger partial charge on any atom is -0.493 e. The van der Waals surface area contributed by atoms with E-state index in [0.29, 0.717) is 18.4 Å².